The first-order valence-corrected chi connectivity index (χ1v) is 8.93. The Bertz CT molecular complexity index is 812. The van der Waals surface area contributed by atoms with Gasteiger partial charge in [-0.25, -0.2) is 0 Å². The van der Waals surface area contributed by atoms with Crippen LogP contribution in [0.3, 0.4) is 0 Å². The van der Waals surface area contributed by atoms with Gasteiger partial charge < -0.3 is 4.74 Å². The SMILES string of the molecule is COC(=O)CSC1=C(C(=O)c2ccccc2[N+](=O)[O-])C(=O)C(C)(C)CC1. The first-order valence-electron chi connectivity index (χ1n) is 7.94. The lowest BCUT2D eigenvalue weighted by Crippen LogP contribution is -2.33. The van der Waals surface area contributed by atoms with Crippen LogP contribution in [0, 0.1) is 15.5 Å². The van der Waals surface area contributed by atoms with Gasteiger partial charge in [0, 0.05) is 16.4 Å². The zero-order valence-corrected chi connectivity index (χ0v) is 15.6. The van der Waals surface area contributed by atoms with Crippen LogP contribution in [0.4, 0.5) is 5.69 Å². The van der Waals surface area contributed by atoms with Gasteiger partial charge in [0.05, 0.1) is 23.4 Å². The van der Waals surface area contributed by atoms with Gasteiger partial charge in [0.1, 0.15) is 5.56 Å². The Hall–Kier alpha value is -2.48. The minimum absolute atomic E-state index is 0.0345. The molecule has 0 N–H and O–H groups in total. The zero-order valence-electron chi connectivity index (χ0n) is 14.7. The molecule has 0 fully saturated rings. The van der Waals surface area contributed by atoms with E-state index in [1.54, 1.807) is 13.8 Å². The minimum Gasteiger partial charge on any atom is -0.468 e. The van der Waals surface area contributed by atoms with Crippen LogP contribution in [0.15, 0.2) is 34.7 Å². The van der Waals surface area contributed by atoms with Crippen molar-refractivity contribution < 1.29 is 24.0 Å². The summed E-state index contributed by atoms with van der Waals surface area (Å²) in [4.78, 5) is 48.4. The predicted molar refractivity (Wildman–Crippen MR) is 96.9 cm³/mol. The molecule has 0 atom stereocenters. The van der Waals surface area contributed by atoms with Gasteiger partial charge in [0.2, 0.25) is 5.78 Å². The van der Waals surface area contributed by atoms with E-state index in [2.05, 4.69) is 4.74 Å². The molecule has 0 bridgehead atoms. The number of para-hydroxylation sites is 1. The highest BCUT2D eigenvalue weighted by Gasteiger charge is 2.40. The van der Waals surface area contributed by atoms with E-state index in [-0.39, 0.29) is 28.4 Å². The number of thioether (sulfide) groups is 1. The molecule has 1 aromatic carbocycles. The molecule has 0 spiro atoms. The van der Waals surface area contributed by atoms with Crippen LogP contribution in [-0.2, 0) is 14.3 Å². The number of hydrogen-bond donors (Lipinski definition) is 0. The molecule has 0 aromatic heterocycles. The lowest BCUT2D eigenvalue weighted by molar-refractivity contribution is -0.385. The van der Waals surface area contributed by atoms with E-state index < -0.39 is 22.1 Å². The van der Waals surface area contributed by atoms with Gasteiger partial charge in [-0.3, -0.25) is 24.5 Å². The predicted octanol–water partition coefficient (Wildman–Crippen LogP) is 3.33. The Morgan fingerprint density at radius 1 is 1.31 bits per heavy atom. The Morgan fingerprint density at radius 2 is 1.96 bits per heavy atom. The molecular weight excluding hydrogens is 358 g/mol. The van der Waals surface area contributed by atoms with Gasteiger partial charge in [0.15, 0.2) is 5.78 Å². The van der Waals surface area contributed by atoms with Gasteiger partial charge in [-0.15, -0.1) is 11.8 Å². The summed E-state index contributed by atoms with van der Waals surface area (Å²) < 4.78 is 4.60. The molecule has 138 valence electrons. The van der Waals surface area contributed by atoms with Crippen LogP contribution in [0.25, 0.3) is 0 Å². The number of esters is 1. The van der Waals surface area contributed by atoms with Crippen LogP contribution in [-0.4, -0.2) is 35.3 Å². The van der Waals surface area contributed by atoms with E-state index in [0.29, 0.717) is 17.7 Å². The number of methoxy groups -OCH3 is 1. The number of Topliss-reactive ketones (excluding diaryl/α,β-unsaturated/α-hetero) is 2. The van der Waals surface area contributed by atoms with Crippen LogP contribution >= 0.6 is 11.8 Å². The summed E-state index contributed by atoms with van der Waals surface area (Å²) in [6, 6.07) is 5.54. The fraction of sp³-hybridized carbons (Fsp3) is 0.389. The van der Waals surface area contributed by atoms with Crippen molar-refractivity contribution in [1.82, 2.24) is 0 Å². The molecular formula is C18H19NO6S. The lowest BCUT2D eigenvalue weighted by Gasteiger charge is -2.30. The molecule has 1 aliphatic carbocycles. The van der Waals surface area contributed by atoms with Crippen molar-refractivity contribution in [1.29, 1.82) is 0 Å². The Kier molecular flexibility index (Phi) is 5.97. The van der Waals surface area contributed by atoms with Gasteiger partial charge >= 0.3 is 5.97 Å². The van der Waals surface area contributed by atoms with Gasteiger partial charge in [0.25, 0.3) is 5.69 Å². The van der Waals surface area contributed by atoms with Crippen molar-refractivity contribution in [3.63, 3.8) is 0 Å². The fourth-order valence-electron chi connectivity index (χ4n) is 2.67. The number of nitrogens with zero attached hydrogens (tertiary/aromatic N) is 1. The van der Waals surface area contributed by atoms with Crippen LogP contribution < -0.4 is 0 Å². The van der Waals surface area contributed by atoms with Crippen molar-refractivity contribution in [3.8, 4) is 0 Å². The Morgan fingerprint density at radius 3 is 2.58 bits per heavy atom. The summed E-state index contributed by atoms with van der Waals surface area (Å²) in [6.45, 7) is 3.48. The summed E-state index contributed by atoms with van der Waals surface area (Å²) in [7, 11) is 1.26. The number of ketones is 2. The Balaban J connectivity index is 2.52. The first-order chi connectivity index (χ1) is 12.2. The number of rotatable bonds is 6. The molecule has 8 heteroatoms. The molecule has 0 saturated carbocycles. The monoisotopic (exact) mass is 377 g/mol. The quantitative estimate of drug-likeness (QED) is 0.246. The van der Waals surface area contributed by atoms with E-state index >= 15 is 0 Å². The second-order valence-electron chi connectivity index (χ2n) is 6.48. The summed E-state index contributed by atoms with van der Waals surface area (Å²) in [6.07, 6.45) is 0.977. The molecule has 0 radical (unpaired) electrons. The first kappa shape index (κ1) is 19.8. The maximum atomic E-state index is 13.0. The Labute approximate surface area is 154 Å². The van der Waals surface area contributed by atoms with Gasteiger partial charge in [-0.2, -0.15) is 0 Å². The largest absolute Gasteiger partial charge is 0.468 e. The third kappa shape index (κ3) is 4.01. The van der Waals surface area contributed by atoms with E-state index in [0.717, 1.165) is 11.8 Å². The summed E-state index contributed by atoms with van der Waals surface area (Å²) in [5, 5.41) is 11.2. The van der Waals surface area contributed by atoms with Crippen molar-refractivity contribution >= 4 is 35.0 Å². The topological polar surface area (TPSA) is 104 Å². The maximum Gasteiger partial charge on any atom is 0.315 e. The van der Waals surface area contributed by atoms with Crippen molar-refractivity contribution in [2.75, 3.05) is 12.9 Å². The van der Waals surface area contributed by atoms with Crippen molar-refractivity contribution in [2.24, 2.45) is 5.41 Å². The van der Waals surface area contributed by atoms with E-state index in [1.165, 1.54) is 31.4 Å². The number of nitro groups is 1. The molecule has 1 aliphatic rings. The molecule has 26 heavy (non-hydrogen) atoms. The molecule has 1 aromatic rings. The van der Waals surface area contributed by atoms with Crippen molar-refractivity contribution in [2.45, 2.75) is 26.7 Å². The molecule has 0 aliphatic heterocycles. The molecule has 7 nitrogen and oxygen atoms in total. The van der Waals surface area contributed by atoms with Gasteiger partial charge in [-0.05, 0) is 18.9 Å². The van der Waals surface area contributed by atoms with Gasteiger partial charge in [-0.1, -0.05) is 26.0 Å². The molecule has 0 saturated heterocycles. The number of ether oxygens (including phenoxy) is 1. The van der Waals surface area contributed by atoms with E-state index in [1.807, 2.05) is 0 Å². The molecule has 0 heterocycles. The van der Waals surface area contributed by atoms with Crippen LogP contribution in [0.5, 0.6) is 0 Å². The average molecular weight is 377 g/mol. The minimum atomic E-state index is -0.746. The van der Waals surface area contributed by atoms with Crippen molar-refractivity contribution in [3.05, 3.63) is 50.4 Å². The normalized spacial score (nSPS) is 16.3. The summed E-state index contributed by atoms with van der Waals surface area (Å²) in [5.74, 6) is -1.55. The zero-order chi connectivity index (χ0) is 19.5. The van der Waals surface area contributed by atoms with Crippen LogP contribution in [0.1, 0.15) is 37.0 Å². The van der Waals surface area contributed by atoms with Crippen LogP contribution in [0.2, 0.25) is 0 Å². The molecule has 0 unspecified atom stereocenters. The highest BCUT2D eigenvalue weighted by Crippen LogP contribution is 2.41. The number of allylic oxidation sites excluding steroid dienone is 2. The fourth-order valence-corrected chi connectivity index (χ4v) is 3.65. The standard InChI is InChI=1S/C18H19NO6S/c1-18(2)9-8-13(26-10-14(20)25-3)15(17(18)22)16(21)11-6-4-5-7-12(11)19(23)24/h4-7H,8-10H2,1-3H3. The summed E-state index contributed by atoms with van der Waals surface area (Å²) >= 11 is 1.07. The molecule has 2 rings (SSSR count). The highest BCUT2D eigenvalue weighted by molar-refractivity contribution is 8.03. The number of benzene rings is 1. The third-order valence-electron chi connectivity index (χ3n) is 4.26. The lowest BCUT2D eigenvalue weighted by atomic mass is 9.74. The smallest absolute Gasteiger partial charge is 0.315 e. The second-order valence-corrected chi connectivity index (χ2v) is 7.55. The number of carbonyl (C=O) groups is 3. The van der Waals surface area contributed by atoms with E-state index in [4.69, 9.17) is 0 Å². The van der Waals surface area contributed by atoms with E-state index in [9.17, 15) is 24.5 Å². The second kappa shape index (κ2) is 7.82. The summed E-state index contributed by atoms with van der Waals surface area (Å²) in [5.41, 5.74) is -1.29. The number of carbonyl (C=O) groups excluding carboxylic acids is 3. The number of hydrogen-bond acceptors (Lipinski definition) is 7. The third-order valence-corrected chi connectivity index (χ3v) is 5.40. The molecule has 0 amide bonds. The average Bonchev–Trinajstić information content (AvgIpc) is 2.61. The number of nitro benzene ring substituents is 1. The highest BCUT2D eigenvalue weighted by atomic mass is 32.2. The maximum absolute atomic E-state index is 13.0.